The average molecular weight is 343 g/mol. The minimum Gasteiger partial charge on any atom is -0.497 e. The van der Waals surface area contributed by atoms with E-state index in [9.17, 15) is 5.11 Å². The Kier molecular flexibility index (Phi) is 6.85. The van der Waals surface area contributed by atoms with Crippen molar-refractivity contribution in [3.63, 3.8) is 0 Å². The third-order valence-corrected chi connectivity index (χ3v) is 4.43. The number of hydrogen-bond acceptors (Lipinski definition) is 4. The number of aliphatic hydroxyl groups excluding tert-OH is 1. The van der Waals surface area contributed by atoms with Gasteiger partial charge in [-0.25, -0.2) is 0 Å². The van der Waals surface area contributed by atoms with Crippen LogP contribution in [0.4, 0.5) is 0 Å². The third-order valence-electron chi connectivity index (χ3n) is 4.43. The minimum atomic E-state index is -0.539. The van der Waals surface area contributed by atoms with Gasteiger partial charge in [-0.15, -0.1) is 0 Å². The van der Waals surface area contributed by atoms with Crippen LogP contribution in [0.5, 0.6) is 11.5 Å². The first-order valence-electron chi connectivity index (χ1n) is 8.60. The molecule has 0 spiro atoms. The Hall–Kier alpha value is -2.04. The van der Waals surface area contributed by atoms with Gasteiger partial charge in [-0.1, -0.05) is 24.3 Å². The largest absolute Gasteiger partial charge is 0.497 e. The van der Waals surface area contributed by atoms with Gasteiger partial charge >= 0.3 is 0 Å². The van der Waals surface area contributed by atoms with Crippen LogP contribution in [0.3, 0.4) is 0 Å². The summed E-state index contributed by atoms with van der Waals surface area (Å²) in [6.45, 7) is 7.77. The minimum absolute atomic E-state index is 0.290. The molecule has 0 heterocycles. The lowest BCUT2D eigenvalue weighted by Gasteiger charge is -2.22. The van der Waals surface area contributed by atoms with Gasteiger partial charge in [0, 0.05) is 13.1 Å². The van der Waals surface area contributed by atoms with Crippen molar-refractivity contribution < 1.29 is 14.6 Å². The number of nitrogens with zero attached hydrogens (tertiary/aromatic N) is 1. The maximum atomic E-state index is 10.3. The van der Waals surface area contributed by atoms with Gasteiger partial charge in [0.15, 0.2) is 0 Å². The fraction of sp³-hybridized carbons (Fsp3) is 0.429. The van der Waals surface area contributed by atoms with Crippen LogP contribution in [0, 0.1) is 20.8 Å². The SMILES string of the molecule is COc1ccc(CN(C)CC(O)COc2c(C)ccc(C)c2C)cc1. The van der Waals surface area contributed by atoms with Crippen LogP contribution in [-0.4, -0.2) is 43.4 Å². The Morgan fingerprint density at radius 1 is 1.00 bits per heavy atom. The zero-order chi connectivity index (χ0) is 18.4. The van der Waals surface area contributed by atoms with Crippen molar-refractivity contribution in [2.75, 3.05) is 27.3 Å². The highest BCUT2D eigenvalue weighted by molar-refractivity contribution is 5.44. The maximum Gasteiger partial charge on any atom is 0.125 e. The average Bonchev–Trinajstić information content (AvgIpc) is 2.59. The molecule has 0 aliphatic rings. The number of aliphatic hydroxyl groups is 1. The first kappa shape index (κ1) is 19.3. The smallest absolute Gasteiger partial charge is 0.125 e. The molecular weight excluding hydrogens is 314 g/mol. The van der Waals surface area contributed by atoms with Crippen LogP contribution in [-0.2, 0) is 6.54 Å². The Bertz CT molecular complexity index is 682. The summed E-state index contributed by atoms with van der Waals surface area (Å²) in [5, 5.41) is 10.3. The van der Waals surface area contributed by atoms with Crippen molar-refractivity contribution in [3.8, 4) is 11.5 Å². The van der Waals surface area contributed by atoms with Crippen LogP contribution in [0.1, 0.15) is 22.3 Å². The molecule has 0 saturated carbocycles. The molecule has 1 N–H and O–H groups in total. The number of likely N-dealkylation sites (N-methyl/N-ethyl adjacent to an activating group) is 1. The molecule has 0 aromatic heterocycles. The molecule has 25 heavy (non-hydrogen) atoms. The van der Waals surface area contributed by atoms with Crippen LogP contribution in [0.25, 0.3) is 0 Å². The molecule has 4 heteroatoms. The van der Waals surface area contributed by atoms with E-state index in [4.69, 9.17) is 9.47 Å². The fourth-order valence-corrected chi connectivity index (χ4v) is 2.85. The lowest BCUT2D eigenvalue weighted by Crippen LogP contribution is -2.33. The molecule has 2 aromatic carbocycles. The molecule has 1 atom stereocenters. The first-order chi connectivity index (χ1) is 11.9. The molecule has 0 aliphatic carbocycles. The normalized spacial score (nSPS) is 12.3. The molecule has 0 aliphatic heterocycles. The molecule has 2 rings (SSSR count). The monoisotopic (exact) mass is 343 g/mol. The molecule has 2 aromatic rings. The highest BCUT2D eigenvalue weighted by Crippen LogP contribution is 2.25. The quantitative estimate of drug-likeness (QED) is 0.797. The second-order valence-electron chi connectivity index (χ2n) is 6.66. The topological polar surface area (TPSA) is 41.9 Å². The van der Waals surface area contributed by atoms with E-state index >= 15 is 0 Å². The predicted molar refractivity (Wildman–Crippen MR) is 101 cm³/mol. The molecule has 0 amide bonds. The summed E-state index contributed by atoms with van der Waals surface area (Å²) in [5.41, 5.74) is 4.62. The summed E-state index contributed by atoms with van der Waals surface area (Å²) in [6, 6.07) is 12.1. The van der Waals surface area contributed by atoms with Gasteiger partial charge in [0.2, 0.25) is 0 Å². The van der Waals surface area contributed by atoms with Crippen LogP contribution >= 0.6 is 0 Å². The lowest BCUT2D eigenvalue weighted by molar-refractivity contribution is 0.0738. The summed E-state index contributed by atoms with van der Waals surface area (Å²) in [6.07, 6.45) is -0.539. The van der Waals surface area contributed by atoms with Gasteiger partial charge in [-0.05, 0) is 62.2 Å². The van der Waals surface area contributed by atoms with E-state index in [0.717, 1.165) is 29.2 Å². The summed E-state index contributed by atoms with van der Waals surface area (Å²) in [5.74, 6) is 1.74. The van der Waals surface area contributed by atoms with Gasteiger partial charge in [0.25, 0.3) is 0 Å². The fourth-order valence-electron chi connectivity index (χ4n) is 2.85. The first-order valence-corrected chi connectivity index (χ1v) is 8.60. The van der Waals surface area contributed by atoms with E-state index < -0.39 is 6.10 Å². The second-order valence-corrected chi connectivity index (χ2v) is 6.66. The van der Waals surface area contributed by atoms with Crippen molar-refractivity contribution in [1.29, 1.82) is 0 Å². The van der Waals surface area contributed by atoms with Crippen LogP contribution in [0.15, 0.2) is 36.4 Å². The summed E-state index contributed by atoms with van der Waals surface area (Å²) < 4.78 is 11.1. The Balaban J connectivity index is 1.85. The molecule has 0 fully saturated rings. The van der Waals surface area contributed by atoms with Crippen LogP contribution in [0.2, 0.25) is 0 Å². The van der Waals surface area contributed by atoms with Crippen molar-refractivity contribution in [3.05, 3.63) is 58.7 Å². The van der Waals surface area contributed by atoms with Crippen molar-refractivity contribution in [2.24, 2.45) is 0 Å². The van der Waals surface area contributed by atoms with E-state index in [1.54, 1.807) is 7.11 Å². The van der Waals surface area contributed by atoms with Crippen molar-refractivity contribution >= 4 is 0 Å². The molecule has 0 saturated heterocycles. The Labute approximate surface area is 151 Å². The van der Waals surface area contributed by atoms with Gasteiger partial charge in [0.1, 0.15) is 24.2 Å². The number of rotatable bonds is 8. The highest BCUT2D eigenvalue weighted by atomic mass is 16.5. The van der Waals surface area contributed by atoms with Crippen LogP contribution < -0.4 is 9.47 Å². The van der Waals surface area contributed by atoms with Crippen molar-refractivity contribution in [2.45, 2.75) is 33.4 Å². The third kappa shape index (κ3) is 5.48. The van der Waals surface area contributed by atoms with E-state index in [2.05, 4.69) is 30.9 Å². The van der Waals surface area contributed by atoms with E-state index in [1.165, 1.54) is 11.1 Å². The van der Waals surface area contributed by atoms with E-state index in [1.807, 2.05) is 38.2 Å². The lowest BCUT2D eigenvalue weighted by atomic mass is 10.1. The van der Waals surface area contributed by atoms with Gasteiger partial charge in [-0.2, -0.15) is 0 Å². The number of ether oxygens (including phenoxy) is 2. The molecule has 0 bridgehead atoms. The van der Waals surface area contributed by atoms with E-state index in [0.29, 0.717) is 6.54 Å². The van der Waals surface area contributed by atoms with Gasteiger partial charge < -0.3 is 14.6 Å². The van der Waals surface area contributed by atoms with Gasteiger partial charge in [0.05, 0.1) is 7.11 Å². The molecule has 136 valence electrons. The molecule has 4 nitrogen and oxygen atoms in total. The van der Waals surface area contributed by atoms with Gasteiger partial charge in [-0.3, -0.25) is 4.90 Å². The summed E-state index contributed by atoms with van der Waals surface area (Å²) in [7, 11) is 3.66. The number of aryl methyl sites for hydroxylation is 2. The zero-order valence-corrected chi connectivity index (χ0v) is 15.9. The number of hydrogen-bond donors (Lipinski definition) is 1. The summed E-state index contributed by atoms with van der Waals surface area (Å²) >= 11 is 0. The van der Waals surface area contributed by atoms with Crippen molar-refractivity contribution in [1.82, 2.24) is 4.90 Å². The summed E-state index contributed by atoms with van der Waals surface area (Å²) in [4.78, 5) is 2.09. The maximum absolute atomic E-state index is 10.3. The Morgan fingerprint density at radius 2 is 1.64 bits per heavy atom. The van der Waals surface area contributed by atoms with E-state index in [-0.39, 0.29) is 6.61 Å². The predicted octanol–water partition coefficient (Wildman–Crippen LogP) is 3.49. The number of methoxy groups -OCH3 is 1. The number of benzene rings is 2. The zero-order valence-electron chi connectivity index (χ0n) is 15.9. The molecule has 1 unspecified atom stereocenters. The second kappa shape index (κ2) is 8.88. The molecule has 0 radical (unpaired) electrons. The molecular formula is C21H29NO3. The standard InChI is InChI=1S/C21H29NO3/c1-15-6-7-16(2)21(17(15)3)25-14-19(23)13-22(4)12-18-8-10-20(24-5)11-9-18/h6-11,19,23H,12-14H2,1-5H3. The highest BCUT2D eigenvalue weighted by Gasteiger charge is 2.12. The Morgan fingerprint density at radius 3 is 2.28 bits per heavy atom.